The second kappa shape index (κ2) is 8.91. The van der Waals surface area contributed by atoms with Crippen molar-refractivity contribution in [3.8, 4) is 11.5 Å². The van der Waals surface area contributed by atoms with E-state index in [-0.39, 0.29) is 41.5 Å². The number of ether oxygens (including phenoxy) is 1. The highest BCUT2D eigenvalue weighted by atomic mass is 16.5. The Labute approximate surface area is 155 Å². The first-order valence-corrected chi connectivity index (χ1v) is 8.20. The van der Waals surface area contributed by atoms with Gasteiger partial charge in [0.15, 0.2) is 0 Å². The van der Waals surface area contributed by atoms with Crippen LogP contribution < -0.4 is 4.74 Å². The number of rotatable bonds is 8. The third-order valence-electron chi connectivity index (χ3n) is 4.02. The van der Waals surface area contributed by atoms with Crippen molar-refractivity contribution in [2.75, 3.05) is 13.7 Å². The number of methoxy groups -OCH3 is 1. The zero-order valence-corrected chi connectivity index (χ0v) is 14.9. The van der Waals surface area contributed by atoms with Crippen LogP contribution in [0.2, 0.25) is 0 Å². The normalized spacial score (nSPS) is 12.1. The maximum atomic E-state index is 11.9. The molecular formula is C19H20N2O6. The fourth-order valence-electron chi connectivity index (χ4n) is 2.49. The molecule has 2 aromatic carbocycles. The molecule has 0 saturated carbocycles. The molecule has 1 unspecified atom stereocenters. The smallest absolute Gasteiger partial charge is 0.338 e. The number of aromatic carboxylic acids is 1. The van der Waals surface area contributed by atoms with Crippen LogP contribution >= 0.6 is 0 Å². The topological polar surface area (TPSA) is 129 Å². The predicted molar refractivity (Wildman–Crippen MR) is 97.4 cm³/mol. The number of azo groups is 1. The number of Topliss-reactive ketones (excluding diaryl/α,β-unsaturated/α-hetero) is 1. The Kier molecular flexibility index (Phi) is 6.62. The molecule has 8 heteroatoms. The zero-order chi connectivity index (χ0) is 20.0. The van der Waals surface area contributed by atoms with Crippen LogP contribution in [0.3, 0.4) is 0 Å². The summed E-state index contributed by atoms with van der Waals surface area (Å²) in [5.41, 5.74) is 0.576. The van der Waals surface area contributed by atoms with Crippen molar-refractivity contribution in [3.63, 3.8) is 0 Å². The van der Waals surface area contributed by atoms with E-state index in [0.29, 0.717) is 11.3 Å². The highest BCUT2D eigenvalue weighted by molar-refractivity contribution is 5.93. The molecule has 0 aliphatic carbocycles. The lowest BCUT2D eigenvalue weighted by Crippen LogP contribution is -2.15. The van der Waals surface area contributed by atoms with E-state index in [1.807, 2.05) is 0 Å². The van der Waals surface area contributed by atoms with Crippen LogP contribution in [-0.2, 0) is 4.79 Å². The SMILES string of the molecule is CCC(=O)C(CO)c1ccc(N=Nc2ccc(OC)cc2C(=O)O)c(O)c1. The summed E-state index contributed by atoms with van der Waals surface area (Å²) in [6, 6.07) is 8.67. The number of carboxylic acids is 1. The molecule has 0 aromatic heterocycles. The van der Waals surface area contributed by atoms with Gasteiger partial charge in [-0.2, -0.15) is 0 Å². The third kappa shape index (κ3) is 4.68. The summed E-state index contributed by atoms with van der Waals surface area (Å²) in [4.78, 5) is 23.2. The van der Waals surface area contributed by atoms with Crippen molar-refractivity contribution in [2.45, 2.75) is 19.3 Å². The Morgan fingerprint density at radius 2 is 1.78 bits per heavy atom. The molecule has 1 atom stereocenters. The molecular weight excluding hydrogens is 352 g/mol. The molecule has 27 heavy (non-hydrogen) atoms. The van der Waals surface area contributed by atoms with Gasteiger partial charge in [0.05, 0.1) is 25.2 Å². The van der Waals surface area contributed by atoms with Crippen LogP contribution in [0.5, 0.6) is 11.5 Å². The van der Waals surface area contributed by atoms with Crippen molar-refractivity contribution in [3.05, 3.63) is 47.5 Å². The number of ketones is 1. The summed E-state index contributed by atoms with van der Waals surface area (Å²) in [6.45, 7) is 1.34. The maximum absolute atomic E-state index is 11.9. The summed E-state index contributed by atoms with van der Waals surface area (Å²) in [5.74, 6) is -1.91. The number of carbonyl (C=O) groups excluding carboxylic acids is 1. The van der Waals surface area contributed by atoms with E-state index in [9.17, 15) is 24.9 Å². The number of aromatic hydroxyl groups is 1. The molecule has 0 fully saturated rings. The molecule has 0 heterocycles. The van der Waals surface area contributed by atoms with Crippen LogP contribution in [0.1, 0.15) is 35.2 Å². The number of phenols is 1. The Balaban J connectivity index is 2.33. The number of hydrogen-bond acceptors (Lipinski definition) is 7. The molecule has 2 aromatic rings. The molecule has 142 valence electrons. The summed E-state index contributed by atoms with van der Waals surface area (Å²) in [5, 5.41) is 36.6. The number of aliphatic hydroxyl groups excluding tert-OH is 1. The number of phenolic OH excluding ortho intramolecular Hbond substituents is 1. The van der Waals surface area contributed by atoms with Crippen LogP contribution in [-0.4, -0.2) is 40.8 Å². The average Bonchev–Trinajstić information content (AvgIpc) is 2.67. The van der Waals surface area contributed by atoms with E-state index >= 15 is 0 Å². The number of carboxylic acid groups (broad SMARTS) is 1. The number of nitrogens with zero attached hydrogens (tertiary/aromatic N) is 2. The zero-order valence-electron chi connectivity index (χ0n) is 14.9. The first-order chi connectivity index (χ1) is 12.9. The van der Waals surface area contributed by atoms with Gasteiger partial charge >= 0.3 is 5.97 Å². The minimum absolute atomic E-state index is 0.0944. The Morgan fingerprint density at radius 1 is 1.11 bits per heavy atom. The van der Waals surface area contributed by atoms with Crippen molar-refractivity contribution >= 4 is 23.1 Å². The van der Waals surface area contributed by atoms with Gasteiger partial charge in [-0.3, -0.25) is 4.79 Å². The monoisotopic (exact) mass is 372 g/mol. The standard InChI is InChI=1S/C19H20N2O6/c1-3-17(23)14(10-22)11-4-6-16(18(24)8-11)21-20-15-7-5-12(27-2)9-13(15)19(25)26/h4-9,14,22,24H,3,10H2,1-2H3,(H,25,26). The van der Waals surface area contributed by atoms with E-state index in [1.165, 1.54) is 31.4 Å². The van der Waals surface area contributed by atoms with Gasteiger partial charge in [-0.05, 0) is 35.9 Å². The molecule has 0 radical (unpaired) electrons. The molecule has 0 saturated heterocycles. The van der Waals surface area contributed by atoms with Crippen molar-refractivity contribution in [2.24, 2.45) is 10.2 Å². The second-order valence-corrected chi connectivity index (χ2v) is 5.69. The summed E-state index contributed by atoms with van der Waals surface area (Å²) in [7, 11) is 1.42. The predicted octanol–water partition coefficient (Wildman–Crippen LogP) is 3.57. The minimum atomic E-state index is -1.19. The summed E-state index contributed by atoms with van der Waals surface area (Å²) < 4.78 is 4.99. The lowest BCUT2D eigenvalue weighted by molar-refractivity contribution is -0.121. The van der Waals surface area contributed by atoms with Gasteiger partial charge in [0.25, 0.3) is 0 Å². The lowest BCUT2D eigenvalue weighted by atomic mass is 9.94. The van der Waals surface area contributed by atoms with Crippen molar-refractivity contribution in [1.29, 1.82) is 0 Å². The summed E-state index contributed by atoms with van der Waals surface area (Å²) >= 11 is 0. The van der Waals surface area contributed by atoms with Gasteiger partial charge in [0, 0.05) is 6.42 Å². The van der Waals surface area contributed by atoms with Crippen molar-refractivity contribution < 1.29 is 29.6 Å². The van der Waals surface area contributed by atoms with Gasteiger partial charge in [-0.15, -0.1) is 10.2 Å². The van der Waals surface area contributed by atoms with E-state index < -0.39 is 11.9 Å². The molecule has 0 amide bonds. The van der Waals surface area contributed by atoms with E-state index in [2.05, 4.69) is 10.2 Å². The van der Waals surface area contributed by atoms with E-state index in [4.69, 9.17) is 4.74 Å². The Morgan fingerprint density at radius 3 is 2.33 bits per heavy atom. The van der Waals surface area contributed by atoms with Crippen LogP contribution in [0, 0.1) is 0 Å². The number of aliphatic hydroxyl groups is 1. The van der Waals surface area contributed by atoms with Gasteiger partial charge in [-0.1, -0.05) is 13.0 Å². The highest BCUT2D eigenvalue weighted by Crippen LogP contribution is 2.33. The van der Waals surface area contributed by atoms with Gasteiger partial charge in [-0.25, -0.2) is 4.79 Å². The molecule has 0 bridgehead atoms. The van der Waals surface area contributed by atoms with Crippen LogP contribution in [0.15, 0.2) is 46.6 Å². The van der Waals surface area contributed by atoms with E-state index in [0.717, 1.165) is 0 Å². The van der Waals surface area contributed by atoms with Gasteiger partial charge < -0.3 is 20.1 Å². The first kappa shape index (κ1) is 20.1. The molecule has 8 nitrogen and oxygen atoms in total. The maximum Gasteiger partial charge on any atom is 0.338 e. The quantitative estimate of drug-likeness (QED) is 0.608. The number of hydrogen-bond donors (Lipinski definition) is 3. The van der Waals surface area contributed by atoms with Gasteiger partial charge in [0.1, 0.15) is 28.7 Å². The second-order valence-electron chi connectivity index (χ2n) is 5.69. The number of carbonyl (C=O) groups is 2. The fourth-order valence-corrected chi connectivity index (χ4v) is 2.49. The largest absolute Gasteiger partial charge is 0.506 e. The molecule has 3 N–H and O–H groups in total. The summed E-state index contributed by atoms with van der Waals surface area (Å²) in [6.07, 6.45) is 0.267. The average molecular weight is 372 g/mol. The third-order valence-corrected chi connectivity index (χ3v) is 4.02. The molecule has 0 aliphatic heterocycles. The highest BCUT2D eigenvalue weighted by Gasteiger charge is 2.19. The minimum Gasteiger partial charge on any atom is -0.506 e. The van der Waals surface area contributed by atoms with Crippen LogP contribution in [0.4, 0.5) is 11.4 Å². The van der Waals surface area contributed by atoms with Crippen LogP contribution in [0.25, 0.3) is 0 Å². The Hall–Kier alpha value is -3.26. The van der Waals surface area contributed by atoms with Crippen molar-refractivity contribution in [1.82, 2.24) is 0 Å². The van der Waals surface area contributed by atoms with E-state index in [1.54, 1.807) is 19.1 Å². The first-order valence-electron chi connectivity index (χ1n) is 8.20. The lowest BCUT2D eigenvalue weighted by Gasteiger charge is -2.13. The number of benzene rings is 2. The molecule has 2 rings (SSSR count). The van der Waals surface area contributed by atoms with Gasteiger partial charge in [0.2, 0.25) is 0 Å². The molecule has 0 spiro atoms. The fraction of sp³-hybridized carbons (Fsp3) is 0.263. The Bertz CT molecular complexity index is 878. The molecule has 0 aliphatic rings.